The lowest BCUT2D eigenvalue weighted by atomic mass is 10.3. The van der Waals surface area contributed by atoms with Crippen LogP contribution in [0, 0.1) is 0 Å². The maximum atomic E-state index is 10.8. The molecule has 0 radical (unpaired) electrons. The summed E-state index contributed by atoms with van der Waals surface area (Å²) >= 11 is 0. The first-order valence-corrected chi connectivity index (χ1v) is 6.28. The molecule has 1 atom stereocenters. The number of nitrogens with two attached hydrogens (primary N) is 1. The van der Waals surface area contributed by atoms with Gasteiger partial charge in [-0.05, 0) is 45.0 Å². The second-order valence-corrected chi connectivity index (χ2v) is 4.64. The van der Waals surface area contributed by atoms with Crippen molar-refractivity contribution in [3.63, 3.8) is 0 Å². The zero-order chi connectivity index (χ0) is 13.0. The van der Waals surface area contributed by atoms with Crippen molar-refractivity contribution in [1.82, 2.24) is 15.1 Å². The van der Waals surface area contributed by atoms with Crippen LogP contribution in [0.5, 0.6) is 0 Å². The largest absolute Gasteiger partial charge is 0.367 e. The molecule has 0 bridgehead atoms. The highest BCUT2D eigenvalue weighted by Crippen LogP contribution is 2.12. The Bertz CT molecular complexity index is 399. The number of carbonyl (C=O) groups excluding carboxylic acids is 1. The molecule has 0 aromatic carbocycles. The van der Waals surface area contributed by atoms with Gasteiger partial charge >= 0.3 is 0 Å². The van der Waals surface area contributed by atoms with Gasteiger partial charge in [0.05, 0.1) is 0 Å². The third-order valence-electron chi connectivity index (χ3n) is 3.26. The molecule has 2 heterocycles. The van der Waals surface area contributed by atoms with E-state index in [4.69, 9.17) is 5.73 Å². The van der Waals surface area contributed by atoms with Crippen LogP contribution in [0.15, 0.2) is 12.1 Å². The number of aromatic nitrogens is 2. The van der Waals surface area contributed by atoms with E-state index in [0.29, 0.717) is 11.9 Å². The van der Waals surface area contributed by atoms with Gasteiger partial charge in [-0.15, -0.1) is 10.2 Å². The SMILES string of the molecule is CC(CNc1ccc(C(N)=O)nn1)N1CCCC1. The van der Waals surface area contributed by atoms with E-state index in [2.05, 4.69) is 27.3 Å². The van der Waals surface area contributed by atoms with Crippen LogP contribution in [-0.2, 0) is 0 Å². The lowest BCUT2D eigenvalue weighted by molar-refractivity contribution is 0.0994. The lowest BCUT2D eigenvalue weighted by Crippen LogP contribution is -2.35. The molecule has 1 aromatic heterocycles. The van der Waals surface area contributed by atoms with E-state index in [1.165, 1.54) is 25.9 Å². The Morgan fingerprint density at radius 1 is 1.44 bits per heavy atom. The van der Waals surface area contributed by atoms with E-state index in [1.807, 2.05) is 0 Å². The third-order valence-corrected chi connectivity index (χ3v) is 3.26. The minimum atomic E-state index is -0.556. The fourth-order valence-corrected chi connectivity index (χ4v) is 2.12. The summed E-state index contributed by atoms with van der Waals surface area (Å²) < 4.78 is 0. The molecule has 1 fully saturated rings. The summed E-state index contributed by atoms with van der Waals surface area (Å²) in [7, 11) is 0. The Hall–Kier alpha value is -1.69. The van der Waals surface area contributed by atoms with Crippen molar-refractivity contribution in [1.29, 1.82) is 0 Å². The number of anilines is 1. The first-order chi connectivity index (χ1) is 8.66. The summed E-state index contributed by atoms with van der Waals surface area (Å²) in [5, 5.41) is 10.9. The van der Waals surface area contributed by atoms with Gasteiger partial charge in [0.15, 0.2) is 5.69 Å². The van der Waals surface area contributed by atoms with Crippen LogP contribution in [0.3, 0.4) is 0 Å². The molecule has 0 spiro atoms. The van der Waals surface area contributed by atoms with E-state index in [1.54, 1.807) is 12.1 Å². The minimum Gasteiger partial charge on any atom is -0.367 e. The third kappa shape index (κ3) is 3.16. The highest BCUT2D eigenvalue weighted by atomic mass is 16.1. The molecular formula is C12H19N5O. The number of hydrogen-bond acceptors (Lipinski definition) is 5. The van der Waals surface area contributed by atoms with E-state index in [0.717, 1.165) is 6.54 Å². The fraction of sp³-hybridized carbons (Fsp3) is 0.583. The lowest BCUT2D eigenvalue weighted by Gasteiger charge is -2.23. The van der Waals surface area contributed by atoms with Gasteiger partial charge in [-0.3, -0.25) is 9.69 Å². The molecule has 6 nitrogen and oxygen atoms in total. The molecule has 1 aliphatic heterocycles. The molecule has 1 amide bonds. The fourth-order valence-electron chi connectivity index (χ4n) is 2.12. The molecule has 98 valence electrons. The molecule has 1 aliphatic rings. The highest BCUT2D eigenvalue weighted by molar-refractivity contribution is 5.90. The molecule has 0 aliphatic carbocycles. The first kappa shape index (κ1) is 12.8. The summed E-state index contributed by atoms with van der Waals surface area (Å²) in [6, 6.07) is 3.78. The second kappa shape index (κ2) is 5.77. The molecule has 0 saturated carbocycles. The van der Waals surface area contributed by atoms with Gasteiger partial charge < -0.3 is 11.1 Å². The van der Waals surface area contributed by atoms with Crippen molar-refractivity contribution in [2.45, 2.75) is 25.8 Å². The van der Waals surface area contributed by atoms with E-state index in [9.17, 15) is 4.79 Å². The number of likely N-dealkylation sites (tertiary alicyclic amines) is 1. The van der Waals surface area contributed by atoms with Gasteiger partial charge in [0.2, 0.25) is 0 Å². The number of carbonyl (C=O) groups is 1. The second-order valence-electron chi connectivity index (χ2n) is 4.64. The Morgan fingerprint density at radius 2 is 2.17 bits per heavy atom. The van der Waals surface area contributed by atoms with Crippen LogP contribution < -0.4 is 11.1 Å². The average molecular weight is 249 g/mol. The van der Waals surface area contributed by atoms with Crippen molar-refractivity contribution < 1.29 is 4.79 Å². The summed E-state index contributed by atoms with van der Waals surface area (Å²) in [6.45, 7) is 5.37. The molecular weight excluding hydrogens is 230 g/mol. The standard InChI is InChI=1S/C12H19N5O/c1-9(17-6-2-3-7-17)8-14-11-5-4-10(12(13)18)15-16-11/h4-5,9H,2-3,6-8H2,1H3,(H2,13,18)(H,14,16). The quantitative estimate of drug-likeness (QED) is 0.792. The van der Waals surface area contributed by atoms with Crippen LogP contribution in [-0.4, -0.2) is 46.7 Å². The first-order valence-electron chi connectivity index (χ1n) is 6.28. The van der Waals surface area contributed by atoms with E-state index >= 15 is 0 Å². The van der Waals surface area contributed by atoms with Gasteiger partial charge in [0, 0.05) is 12.6 Å². The van der Waals surface area contributed by atoms with Crippen molar-refractivity contribution in [2.24, 2.45) is 5.73 Å². The molecule has 1 aromatic rings. The molecule has 6 heteroatoms. The zero-order valence-electron chi connectivity index (χ0n) is 10.6. The van der Waals surface area contributed by atoms with Gasteiger partial charge in [-0.25, -0.2) is 0 Å². The highest BCUT2D eigenvalue weighted by Gasteiger charge is 2.17. The molecule has 18 heavy (non-hydrogen) atoms. The summed E-state index contributed by atoms with van der Waals surface area (Å²) in [6.07, 6.45) is 2.58. The number of nitrogens with zero attached hydrogens (tertiary/aromatic N) is 3. The Labute approximate surface area is 107 Å². The summed E-state index contributed by atoms with van der Waals surface area (Å²) in [5.74, 6) is 0.116. The van der Waals surface area contributed by atoms with Gasteiger partial charge in [-0.1, -0.05) is 0 Å². The molecule has 1 unspecified atom stereocenters. The smallest absolute Gasteiger partial charge is 0.269 e. The molecule has 3 N–H and O–H groups in total. The van der Waals surface area contributed by atoms with Gasteiger partial charge in [0.25, 0.3) is 5.91 Å². The molecule has 1 saturated heterocycles. The zero-order valence-corrected chi connectivity index (χ0v) is 10.6. The summed E-state index contributed by atoms with van der Waals surface area (Å²) in [5.41, 5.74) is 5.29. The Balaban J connectivity index is 1.84. The van der Waals surface area contributed by atoms with Crippen molar-refractivity contribution in [2.75, 3.05) is 25.0 Å². The summed E-state index contributed by atoms with van der Waals surface area (Å²) in [4.78, 5) is 13.3. The average Bonchev–Trinajstić information content (AvgIpc) is 2.90. The van der Waals surface area contributed by atoms with Crippen molar-refractivity contribution >= 4 is 11.7 Å². The van der Waals surface area contributed by atoms with Gasteiger partial charge in [0.1, 0.15) is 5.82 Å². The van der Waals surface area contributed by atoms with Crippen LogP contribution in [0.4, 0.5) is 5.82 Å². The predicted molar refractivity (Wildman–Crippen MR) is 69.3 cm³/mol. The maximum absolute atomic E-state index is 10.8. The number of primary amides is 1. The van der Waals surface area contributed by atoms with E-state index in [-0.39, 0.29) is 5.69 Å². The Morgan fingerprint density at radius 3 is 2.72 bits per heavy atom. The number of amides is 1. The number of hydrogen-bond donors (Lipinski definition) is 2. The normalized spacial score (nSPS) is 17.6. The van der Waals surface area contributed by atoms with Crippen LogP contribution >= 0.6 is 0 Å². The Kier molecular flexibility index (Phi) is 4.09. The van der Waals surface area contributed by atoms with Crippen molar-refractivity contribution in [3.8, 4) is 0 Å². The van der Waals surface area contributed by atoms with Crippen molar-refractivity contribution in [3.05, 3.63) is 17.8 Å². The maximum Gasteiger partial charge on any atom is 0.269 e. The van der Waals surface area contributed by atoms with Gasteiger partial charge in [-0.2, -0.15) is 0 Å². The van der Waals surface area contributed by atoms with Crippen LogP contribution in [0.2, 0.25) is 0 Å². The number of nitrogens with one attached hydrogen (secondary N) is 1. The molecule has 2 rings (SSSR count). The monoisotopic (exact) mass is 249 g/mol. The predicted octanol–water partition coefficient (Wildman–Crippen LogP) is 0.472. The van der Waals surface area contributed by atoms with Crippen LogP contribution in [0.1, 0.15) is 30.3 Å². The number of rotatable bonds is 5. The minimum absolute atomic E-state index is 0.188. The van der Waals surface area contributed by atoms with Crippen LogP contribution in [0.25, 0.3) is 0 Å². The topological polar surface area (TPSA) is 84.1 Å². The van der Waals surface area contributed by atoms with E-state index < -0.39 is 5.91 Å².